The number of aliphatic hydroxyl groups is 1. The van der Waals surface area contributed by atoms with Crippen molar-refractivity contribution in [1.29, 1.82) is 0 Å². The Labute approximate surface area is 149 Å². The molecule has 3 atom stereocenters. The van der Waals surface area contributed by atoms with Crippen molar-refractivity contribution in [1.82, 2.24) is 4.90 Å². The maximum absolute atomic E-state index is 12.7. The molecule has 0 aliphatic carbocycles. The van der Waals surface area contributed by atoms with Gasteiger partial charge in [0.15, 0.2) is 0 Å². The smallest absolute Gasteiger partial charge is 0.313 e. The Morgan fingerprint density at radius 1 is 1.32 bits per heavy atom. The van der Waals surface area contributed by atoms with Gasteiger partial charge in [-0.1, -0.05) is 25.1 Å². The third kappa shape index (κ3) is 3.27. The molecular weight excluding hydrogens is 318 g/mol. The predicted molar refractivity (Wildman–Crippen MR) is 95.3 cm³/mol. The van der Waals surface area contributed by atoms with E-state index in [1.54, 1.807) is 0 Å². The Hall–Kier alpha value is -1.59. The van der Waals surface area contributed by atoms with Crippen LogP contribution in [0.2, 0.25) is 0 Å². The highest BCUT2D eigenvalue weighted by molar-refractivity contribution is 5.78. The molecule has 2 saturated heterocycles. The van der Waals surface area contributed by atoms with Gasteiger partial charge in [0.25, 0.3) is 0 Å². The lowest BCUT2D eigenvalue weighted by Crippen LogP contribution is -2.44. The number of aliphatic hydroxyl groups excluding tert-OH is 1. The zero-order valence-corrected chi connectivity index (χ0v) is 15.2. The van der Waals surface area contributed by atoms with Crippen molar-refractivity contribution in [3.8, 4) is 5.75 Å². The SMILES string of the molecule is CCOC(=O)[C@]1(CC)C[C@@H]2CC[C@H]1N2Cc1ccccc1OCCO. The number of benzene rings is 1. The van der Waals surface area contributed by atoms with E-state index in [2.05, 4.69) is 17.9 Å². The van der Waals surface area contributed by atoms with Crippen LogP contribution in [0.5, 0.6) is 5.75 Å². The van der Waals surface area contributed by atoms with E-state index >= 15 is 0 Å². The fourth-order valence-corrected chi connectivity index (χ4v) is 4.69. The van der Waals surface area contributed by atoms with Gasteiger partial charge < -0.3 is 14.6 Å². The maximum atomic E-state index is 12.7. The van der Waals surface area contributed by atoms with Crippen molar-refractivity contribution in [2.45, 2.75) is 58.2 Å². The minimum Gasteiger partial charge on any atom is -0.491 e. The monoisotopic (exact) mass is 347 g/mol. The summed E-state index contributed by atoms with van der Waals surface area (Å²) in [7, 11) is 0. The Kier molecular flexibility index (Phi) is 5.64. The molecule has 0 amide bonds. The summed E-state index contributed by atoms with van der Waals surface area (Å²) in [5.74, 6) is 0.792. The average molecular weight is 347 g/mol. The number of ether oxygens (including phenoxy) is 2. The molecule has 0 aromatic heterocycles. The Morgan fingerprint density at radius 3 is 2.84 bits per heavy atom. The fourth-order valence-electron chi connectivity index (χ4n) is 4.69. The first-order valence-electron chi connectivity index (χ1n) is 9.40. The second-order valence-electron chi connectivity index (χ2n) is 7.03. The lowest BCUT2D eigenvalue weighted by Gasteiger charge is -2.34. The maximum Gasteiger partial charge on any atom is 0.313 e. The number of para-hydroxylation sites is 1. The van der Waals surface area contributed by atoms with E-state index in [0.717, 1.165) is 43.5 Å². The molecule has 2 bridgehead atoms. The Morgan fingerprint density at radius 2 is 2.12 bits per heavy atom. The largest absolute Gasteiger partial charge is 0.491 e. The molecule has 1 aromatic rings. The molecule has 1 aromatic carbocycles. The summed E-state index contributed by atoms with van der Waals surface area (Å²) >= 11 is 0. The van der Waals surface area contributed by atoms with Gasteiger partial charge >= 0.3 is 5.97 Å². The minimum absolute atomic E-state index is 0.00506. The van der Waals surface area contributed by atoms with Gasteiger partial charge in [0, 0.05) is 24.2 Å². The number of hydrogen-bond acceptors (Lipinski definition) is 5. The molecular formula is C20H29NO4. The number of esters is 1. The van der Waals surface area contributed by atoms with Crippen molar-refractivity contribution >= 4 is 5.97 Å². The highest BCUT2D eigenvalue weighted by Gasteiger charge is 2.59. The van der Waals surface area contributed by atoms with Crippen LogP contribution in [0.3, 0.4) is 0 Å². The van der Waals surface area contributed by atoms with Gasteiger partial charge in [-0.3, -0.25) is 9.69 Å². The molecule has 2 fully saturated rings. The molecule has 5 heteroatoms. The minimum atomic E-state index is -0.361. The van der Waals surface area contributed by atoms with Crippen LogP contribution in [0.1, 0.15) is 45.1 Å². The molecule has 0 unspecified atom stereocenters. The van der Waals surface area contributed by atoms with Crippen LogP contribution in [-0.2, 0) is 16.1 Å². The van der Waals surface area contributed by atoms with Crippen LogP contribution in [0.4, 0.5) is 0 Å². The molecule has 5 nitrogen and oxygen atoms in total. The highest BCUT2D eigenvalue weighted by atomic mass is 16.5. The van der Waals surface area contributed by atoms with Crippen LogP contribution in [0.15, 0.2) is 24.3 Å². The lowest BCUT2D eigenvalue weighted by molar-refractivity contribution is -0.157. The summed E-state index contributed by atoms with van der Waals surface area (Å²) in [6.45, 7) is 5.50. The number of nitrogens with zero attached hydrogens (tertiary/aromatic N) is 1. The Balaban J connectivity index is 1.80. The standard InChI is InChI=1S/C20H29NO4/c1-3-20(19(23)24-4-2)13-16-9-10-18(20)21(16)14-15-7-5-6-8-17(15)25-12-11-22/h5-8,16,18,22H,3-4,9-14H2,1-2H3/t16-,18+,20+/m0/s1. The van der Waals surface area contributed by atoms with Crippen LogP contribution >= 0.6 is 0 Å². The van der Waals surface area contributed by atoms with Gasteiger partial charge in [-0.25, -0.2) is 0 Å². The molecule has 2 aliphatic rings. The van der Waals surface area contributed by atoms with Crippen molar-refractivity contribution in [2.75, 3.05) is 19.8 Å². The van der Waals surface area contributed by atoms with E-state index in [4.69, 9.17) is 14.6 Å². The Bertz CT molecular complexity index is 605. The highest BCUT2D eigenvalue weighted by Crippen LogP contribution is 2.53. The van der Waals surface area contributed by atoms with Crippen LogP contribution in [0, 0.1) is 5.41 Å². The van der Waals surface area contributed by atoms with Crippen LogP contribution in [-0.4, -0.2) is 47.9 Å². The van der Waals surface area contributed by atoms with Crippen LogP contribution < -0.4 is 4.74 Å². The number of fused-ring (bicyclic) bond motifs is 2. The lowest BCUT2D eigenvalue weighted by atomic mass is 9.72. The quantitative estimate of drug-likeness (QED) is 0.733. The predicted octanol–water partition coefficient (Wildman–Crippen LogP) is 2.75. The van der Waals surface area contributed by atoms with E-state index in [9.17, 15) is 4.79 Å². The summed E-state index contributed by atoms with van der Waals surface area (Å²) < 4.78 is 11.1. The first-order chi connectivity index (χ1) is 12.2. The second kappa shape index (κ2) is 7.75. The molecule has 3 rings (SSSR count). The molecule has 1 N–H and O–H groups in total. The molecule has 0 radical (unpaired) electrons. The van der Waals surface area contributed by atoms with E-state index in [1.807, 2.05) is 25.1 Å². The first kappa shape index (κ1) is 18.2. The van der Waals surface area contributed by atoms with Crippen molar-refractivity contribution < 1.29 is 19.4 Å². The van der Waals surface area contributed by atoms with Crippen molar-refractivity contribution in [2.24, 2.45) is 5.41 Å². The topological polar surface area (TPSA) is 59.0 Å². The third-order valence-electron chi connectivity index (χ3n) is 5.87. The van der Waals surface area contributed by atoms with Gasteiger partial charge in [-0.05, 0) is 38.7 Å². The number of carbonyl (C=O) groups is 1. The van der Waals surface area contributed by atoms with Gasteiger partial charge in [0.1, 0.15) is 12.4 Å². The normalized spacial score (nSPS) is 28.3. The zero-order chi connectivity index (χ0) is 17.9. The van der Waals surface area contributed by atoms with Gasteiger partial charge in [-0.2, -0.15) is 0 Å². The number of hydrogen-bond donors (Lipinski definition) is 1. The average Bonchev–Trinajstić information content (AvgIpc) is 3.16. The van der Waals surface area contributed by atoms with Crippen molar-refractivity contribution in [3.63, 3.8) is 0 Å². The molecule has 0 saturated carbocycles. The number of carbonyl (C=O) groups excluding carboxylic acids is 1. The molecule has 2 heterocycles. The van der Waals surface area contributed by atoms with E-state index in [-0.39, 0.29) is 24.0 Å². The summed E-state index contributed by atoms with van der Waals surface area (Å²) in [4.78, 5) is 15.2. The first-order valence-corrected chi connectivity index (χ1v) is 9.40. The summed E-state index contributed by atoms with van der Waals surface area (Å²) in [6.07, 6.45) is 3.92. The van der Waals surface area contributed by atoms with E-state index in [0.29, 0.717) is 19.3 Å². The molecule has 138 valence electrons. The fraction of sp³-hybridized carbons (Fsp3) is 0.650. The number of rotatable bonds is 8. The molecule has 0 spiro atoms. The van der Waals surface area contributed by atoms with Crippen molar-refractivity contribution in [3.05, 3.63) is 29.8 Å². The summed E-state index contributed by atoms with van der Waals surface area (Å²) in [5.41, 5.74) is 0.753. The van der Waals surface area contributed by atoms with Crippen LogP contribution in [0.25, 0.3) is 0 Å². The van der Waals surface area contributed by atoms with E-state index < -0.39 is 0 Å². The second-order valence-corrected chi connectivity index (χ2v) is 7.03. The summed E-state index contributed by atoms with van der Waals surface area (Å²) in [5, 5.41) is 9.02. The van der Waals surface area contributed by atoms with E-state index in [1.165, 1.54) is 0 Å². The molecule has 2 aliphatic heterocycles. The third-order valence-corrected chi connectivity index (χ3v) is 5.87. The molecule has 25 heavy (non-hydrogen) atoms. The van der Waals surface area contributed by atoms with Gasteiger partial charge in [0.2, 0.25) is 0 Å². The van der Waals surface area contributed by atoms with Gasteiger partial charge in [0.05, 0.1) is 18.6 Å². The summed E-state index contributed by atoms with van der Waals surface area (Å²) in [6, 6.07) is 8.65. The van der Waals surface area contributed by atoms with Gasteiger partial charge in [-0.15, -0.1) is 0 Å². The zero-order valence-electron chi connectivity index (χ0n) is 15.2.